The molecule has 0 spiro atoms. The fourth-order valence-corrected chi connectivity index (χ4v) is 3.14. The van der Waals surface area contributed by atoms with Crippen molar-refractivity contribution in [1.29, 1.82) is 0 Å². The Morgan fingerprint density at radius 3 is 2.73 bits per heavy atom. The number of thioether (sulfide) groups is 1. The first kappa shape index (κ1) is 20.3. The Hall–Kier alpha value is -1.99. The van der Waals surface area contributed by atoms with Gasteiger partial charge in [0.2, 0.25) is 0 Å². The largest absolute Gasteiger partial charge is 0.493 e. The zero-order valence-electron chi connectivity index (χ0n) is 14.8. The van der Waals surface area contributed by atoms with E-state index in [1.807, 2.05) is 20.8 Å². The SMILES string of the molecule is CCOc1ccc(Cl)cc1/C=C1/SC(=O)N(CC(=O)OCC(C)C)C1=O. The van der Waals surface area contributed by atoms with Crippen LogP contribution in [-0.4, -0.2) is 41.8 Å². The van der Waals surface area contributed by atoms with Gasteiger partial charge >= 0.3 is 5.97 Å². The van der Waals surface area contributed by atoms with Gasteiger partial charge in [0.15, 0.2) is 0 Å². The summed E-state index contributed by atoms with van der Waals surface area (Å²) < 4.78 is 10.5. The van der Waals surface area contributed by atoms with Crippen molar-refractivity contribution in [3.05, 3.63) is 33.7 Å². The lowest BCUT2D eigenvalue weighted by molar-refractivity contribution is -0.147. The van der Waals surface area contributed by atoms with Crippen molar-refractivity contribution in [2.75, 3.05) is 19.8 Å². The summed E-state index contributed by atoms with van der Waals surface area (Å²) in [6.45, 7) is 5.93. The van der Waals surface area contributed by atoms with Crippen LogP contribution >= 0.6 is 23.4 Å². The third kappa shape index (κ3) is 5.25. The minimum absolute atomic E-state index is 0.175. The molecule has 1 heterocycles. The first-order valence-corrected chi connectivity index (χ1v) is 9.34. The molecule has 6 nitrogen and oxygen atoms in total. The number of esters is 1. The predicted molar refractivity (Wildman–Crippen MR) is 101 cm³/mol. The van der Waals surface area contributed by atoms with E-state index in [0.29, 0.717) is 22.9 Å². The number of hydrogen-bond donors (Lipinski definition) is 0. The highest BCUT2D eigenvalue weighted by Crippen LogP contribution is 2.34. The highest BCUT2D eigenvalue weighted by molar-refractivity contribution is 8.18. The van der Waals surface area contributed by atoms with E-state index in [2.05, 4.69) is 0 Å². The Labute approximate surface area is 161 Å². The monoisotopic (exact) mass is 397 g/mol. The molecule has 140 valence electrons. The van der Waals surface area contributed by atoms with Gasteiger partial charge in [0.05, 0.1) is 18.1 Å². The maximum atomic E-state index is 12.5. The van der Waals surface area contributed by atoms with Crippen molar-refractivity contribution in [3.63, 3.8) is 0 Å². The number of rotatable bonds is 7. The lowest BCUT2D eigenvalue weighted by Crippen LogP contribution is -2.34. The molecule has 2 rings (SSSR count). The highest BCUT2D eigenvalue weighted by Gasteiger charge is 2.36. The van der Waals surface area contributed by atoms with E-state index in [-0.39, 0.29) is 17.4 Å². The van der Waals surface area contributed by atoms with Gasteiger partial charge in [-0.25, -0.2) is 0 Å². The average Bonchev–Trinajstić information content (AvgIpc) is 2.83. The van der Waals surface area contributed by atoms with Crippen LogP contribution in [0.5, 0.6) is 5.75 Å². The number of hydrogen-bond acceptors (Lipinski definition) is 6. The molecule has 1 aromatic carbocycles. The first-order valence-electron chi connectivity index (χ1n) is 8.15. The van der Waals surface area contributed by atoms with Crippen LogP contribution in [-0.2, 0) is 14.3 Å². The van der Waals surface area contributed by atoms with Gasteiger partial charge in [-0.3, -0.25) is 19.3 Å². The summed E-state index contributed by atoms with van der Waals surface area (Å²) in [6.07, 6.45) is 1.54. The van der Waals surface area contributed by atoms with Crippen LogP contribution in [0.3, 0.4) is 0 Å². The number of carbonyl (C=O) groups is 3. The number of ether oxygens (including phenoxy) is 2. The molecule has 0 bridgehead atoms. The molecule has 0 unspecified atom stereocenters. The second kappa shape index (κ2) is 9.09. The smallest absolute Gasteiger partial charge is 0.326 e. The molecule has 0 saturated carbocycles. The van der Waals surface area contributed by atoms with Crippen molar-refractivity contribution in [1.82, 2.24) is 4.90 Å². The summed E-state index contributed by atoms with van der Waals surface area (Å²) in [6, 6.07) is 5.03. The molecule has 26 heavy (non-hydrogen) atoms. The number of amides is 2. The zero-order valence-corrected chi connectivity index (χ0v) is 16.4. The zero-order chi connectivity index (χ0) is 19.3. The van der Waals surface area contributed by atoms with Crippen molar-refractivity contribution in [3.8, 4) is 5.75 Å². The van der Waals surface area contributed by atoms with Gasteiger partial charge < -0.3 is 9.47 Å². The molecule has 1 fully saturated rings. The van der Waals surface area contributed by atoms with E-state index >= 15 is 0 Å². The van der Waals surface area contributed by atoms with Gasteiger partial charge in [-0.2, -0.15) is 0 Å². The molecule has 0 radical (unpaired) electrons. The predicted octanol–water partition coefficient (Wildman–Crippen LogP) is 3.97. The van der Waals surface area contributed by atoms with Gasteiger partial charge in [0, 0.05) is 10.6 Å². The number of carbonyl (C=O) groups excluding carboxylic acids is 3. The van der Waals surface area contributed by atoms with Gasteiger partial charge in [-0.1, -0.05) is 25.4 Å². The number of imide groups is 1. The van der Waals surface area contributed by atoms with E-state index < -0.39 is 23.7 Å². The Balaban J connectivity index is 2.16. The summed E-state index contributed by atoms with van der Waals surface area (Å²) in [4.78, 5) is 37.5. The maximum absolute atomic E-state index is 12.5. The van der Waals surface area contributed by atoms with E-state index in [1.54, 1.807) is 24.3 Å². The van der Waals surface area contributed by atoms with Gasteiger partial charge in [-0.15, -0.1) is 0 Å². The standard InChI is InChI=1S/C18H20ClNO5S/c1-4-24-14-6-5-13(19)7-12(14)8-15-17(22)20(18(23)26-15)9-16(21)25-10-11(2)3/h5-8,11H,4,9-10H2,1-3H3/b15-8+. The molecule has 0 aliphatic carbocycles. The van der Waals surface area contributed by atoms with Crippen LogP contribution in [0.25, 0.3) is 6.08 Å². The van der Waals surface area contributed by atoms with Gasteiger partial charge in [0.25, 0.3) is 11.1 Å². The third-order valence-electron chi connectivity index (χ3n) is 3.30. The Morgan fingerprint density at radius 2 is 2.08 bits per heavy atom. The fourth-order valence-electron chi connectivity index (χ4n) is 2.13. The summed E-state index contributed by atoms with van der Waals surface area (Å²) in [5, 5.41) is -0.0288. The number of nitrogens with zero attached hydrogens (tertiary/aromatic N) is 1. The quantitative estimate of drug-likeness (QED) is 0.512. The van der Waals surface area contributed by atoms with Crippen LogP contribution in [0.1, 0.15) is 26.3 Å². The molecule has 2 amide bonds. The van der Waals surface area contributed by atoms with Crippen LogP contribution in [0.15, 0.2) is 23.1 Å². The number of benzene rings is 1. The molecule has 0 N–H and O–H groups in total. The normalized spacial score (nSPS) is 15.9. The van der Waals surface area contributed by atoms with E-state index in [0.717, 1.165) is 16.7 Å². The van der Waals surface area contributed by atoms with Gasteiger partial charge in [0.1, 0.15) is 12.3 Å². The molecule has 8 heteroatoms. The first-order chi connectivity index (χ1) is 12.3. The fraction of sp³-hybridized carbons (Fsp3) is 0.389. The topological polar surface area (TPSA) is 72.9 Å². The molecule has 1 aliphatic rings. The average molecular weight is 398 g/mol. The number of halogens is 1. The molecule has 1 aliphatic heterocycles. The lowest BCUT2D eigenvalue weighted by atomic mass is 10.2. The van der Waals surface area contributed by atoms with E-state index in [9.17, 15) is 14.4 Å². The van der Waals surface area contributed by atoms with Crippen LogP contribution < -0.4 is 4.74 Å². The van der Waals surface area contributed by atoms with E-state index in [1.165, 1.54) is 0 Å². The Kier molecular flexibility index (Phi) is 7.11. The minimum Gasteiger partial charge on any atom is -0.493 e. The third-order valence-corrected chi connectivity index (χ3v) is 4.44. The maximum Gasteiger partial charge on any atom is 0.326 e. The second-order valence-corrected chi connectivity index (χ2v) is 7.39. The summed E-state index contributed by atoms with van der Waals surface area (Å²) in [7, 11) is 0. The molecular weight excluding hydrogens is 378 g/mol. The van der Waals surface area contributed by atoms with Crippen LogP contribution in [0.4, 0.5) is 4.79 Å². The van der Waals surface area contributed by atoms with Crippen molar-refractivity contribution < 1.29 is 23.9 Å². The summed E-state index contributed by atoms with van der Waals surface area (Å²) >= 11 is 6.78. The second-order valence-electron chi connectivity index (χ2n) is 5.96. The highest BCUT2D eigenvalue weighted by atomic mass is 35.5. The molecular formula is C18H20ClNO5S. The summed E-state index contributed by atoms with van der Waals surface area (Å²) in [5.41, 5.74) is 0.590. The minimum atomic E-state index is -0.611. The van der Waals surface area contributed by atoms with Crippen LogP contribution in [0.2, 0.25) is 5.02 Å². The summed E-state index contributed by atoms with van der Waals surface area (Å²) in [5.74, 6) is -0.419. The Morgan fingerprint density at radius 1 is 1.35 bits per heavy atom. The molecule has 1 saturated heterocycles. The van der Waals surface area contributed by atoms with Crippen molar-refractivity contribution in [2.45, 2.75) is 20.8 Å². The van der Waals surface area contributed by atoms with Crippen molar-refractivity contribution in [2.24, 2.45) is 5.92 Å². The van der Waals surface area contributed by atoms with Crippen molar-refractivity contribution >= 4 is 46.6 Å². The lowest BCUT2D eigenvalue weighted by Gasteiger charge is -2.12. The molecule has 0 atom stereocenters. The van der Waals surface area contributed by atoms with Crippen LogP contribution in [0, 0.1) is 5.92 Å². The molecule has 0 aromatic heterocycles. The molecule has 1 aromatic rings. The van der Waals surface area contributed by atoms with E-state index in [4.69, 9.17) is 21.1 Å². The van der Waals surface area contributed by atoms with Gasteiger partial charge in [-0.05, 0) is 48.9 Å². The Bertz CT molecular complexity index is 747.